The van der Waals surface area contributed by atoms with Crippen LogP contribution in [0.2, 0.25) is 0 Å². The van der Waals surface area contributed by atoms with E-state index in [4.69, 9.17) is 4.74 Å². The molecule has 3 aromatic rings. The Bertz CT molecular complexity index is 1010. The van der Waals surface area contributed by atoms with Gasteiger partial charge in [0.2, 0.25) is 0 Å². The van der Waals surface area contributed by atoms with Gasteiger partial charge in [0.1, 0.15) is 5.75 Å². The lowest BCUT2D eigenvalue weighted by Crippen LogP contribution is -2.20. The highest BCUT2D eigenvalue weighted by Crippen LogP contribution is 2.27. The van der Waals surface area contributed by atoms with Crippen molar-refractivity contribution in [3.8, 4) is 11.4 Å². The van der Waals surface area contributed by atoms with Crippen LogP contribution in [-0.4, -0.2) is 28.5 Å². The molecule has 1 N–H and O–H groups in total. The van der Waals surface area contributed by atoms with Gasteiger partial charge in [-0.15, -0.1) is 0 Å². The van der Waals surface area contributed by atoms with Crippen molar-refractivity contribution >= 4 is 12.1 Å². The lowest BCUT2D eigenvalue weighted by atomic mass is 10.2. The van der Waals surface area contributed by atoms with Gasteiger partial charge in [-0.1, -0.05) is 30.3 Å². The number of aromatic nitrogens is 2. The molecule has 0 radical (unpaired) electrons. The van der Waals surface area contributed by atoms with E-state index in [0.29, 0.717) is 12.3 Å². The average Bonchev–Trinajstić information content (AvgIpc) is 3.32. The van der Waals surface area contributed by atoms with Gasteiger partial charge in [-0.2, -0.15) is 10.2 Å². The zero-order valence-electron chi connectivity index (χ0n) is 15.8. The topological polar surface area (TPSA) is 68.5 Å². The van der Waals surface area contributed by atoms with E-state index < -0.39 is 0 Å². The number of para-hydroxylation sites is 1. The molecule has 0 saturated heterocycles. The molecule has 0 atom stereocenters. The van der Waals surface area contributed by atoms with Crippen LogP contribution in [-0.2, 0) is 12.8 Å². The summed E-state index contributed by atoms with van der Waals surface area (Å²) >= 11 is 0. The number of ether oxygens (including phenoxy) is 1. The Morgan fingerprint density at radius 3 is 2.89 bits per heavy atom. The minimum absolute atomic E-state index is 0.287. The molecule has 0 bridgehead atoms. The lowest BCUT2D eigenvalue weighted by Gasteiger charge is -2.04. The zero-order chi connectivity index (χ0) is 19.3. The Hall–Kier alpha value is -3.41. The van der Waals surface area contributed by atoms with Crippen molar-refractivity contribution in [2.24, 2.45) is 5.10 Å². The number of hydrogen-bond acceptors (Lipinski definition) is 4. The molecule has 6 heteroatoms. The predicted molar refractivity (Wildman–Crippen MR) is 108 cm³/mol. The van der Waals surface area contributed by atoms with Gasteiger partial charge in [-0.25, -0.2) is 10.1 Å². The molecule has 1 aliphatic rings. The number of rotatable bonds is 6. The Morgan fingerprint density at radius 1 is 1.21 bits per heavy atom. The molecule has 1 amide bonds. The fourth-order valence-electron chi connectivity index (χ4n) is 3.47. The van der Waals surface area contributed by atoms with Crippen molar-refractivity contribution in [3.63, 3.8) is 0 Å². The summed E-state index contributed by atoms with van der Waals surface area (Å²) in [6.45, 7) is 2.54. The third-order valence-electron chi connectivity index (χ3n) is 4.69. The van der Waals surface area contributed by atoms with Crippen molar-refractivity contribution in [2.75, 3.05) is 6.61 Å². The molecule has 0 fully saturated rings. The smallest absolute Gasteiger partial charge is 0.292 e. The summed E-state index contributed by atoms with van der Waals surface area (Å²) in [7, 11) is 0. The van der Waals surface area contributed by atoms with Crippen molar-refractivity contribution in [1.29, 1.82) is 0 Å². The second kappa shape index (κ2) is 8.08. The highest BCUT2D eigenvalue weighted by molar-refractivity contribution is 5.95. The molecule has 28 heavy (non-hydrogen) atoms. The molecule has 2 aromatic carbocycles. The van der Waals surface area contributed by atoms with Gasteiger partial charge < -0.3 is 4.74 Å². The number of amides is 1. The summed E-state index contributed by atoms with van der Waals surface area (Å²) in [6, 6.07) is 17.5. The average molecular weight is 374 g/mol. The summed E-state index contributed by atoms with van der Waals surface area (Å²) in [5, 5.41) is 8.67. The monoisotopic (exact) mass is 374 g/mol. The van der Waals surface area contributed by atoms with Crippen LogP contribution in [0.3, 0.4) is 0 Å². The van der Waals surface area contributed by atoms with Gasteiger partial charge in [0.05, 0.1) is 18.5 Å². The van der Waals surface area contributed by atoms with Crippen molar-refractivity contribution < 1.29 is 9.53 Å². The predicted octanol–water partition coefficient (Wildman–Crippen LogP) is 3.52. The Morgan fingerprint density at radius 2 is 2.07 bits per heavy atom. The minimum atomic E-state index is -0.287. The van der Waals surface area contributed by atoms with E-state index >= 15 is 0 Å². The van der Waals surface area contributed by atoms with Gasteiger partial charge in [0.15, 0.2) is 5.69 Å². The SMILES string of the molecule is CCOc1cccc(/C=N/NC(=O)c2nn(-c3ccccc3)c3c2CCC3)c1. The van der Waals surface area contributed by atoms with Gasteiger partial charge in [0, 0.05) is 11.3 Å². The molecule has 1 aliphatic carbocycles. The number of hydrogen-bond donors (Lipinski definition) is 1. The van der Waals surface area contributed by atoms with E-state index in [1.54, 1.807) is 6.21 Å². The molecule has 1 heterocycles. The first-order valence-electron chi connectivity index (χ1n) is 9.48. The molecular formula is C22H22N4O2. The summed E-state index contributed by atoms with van der Waals surface area (Å²) < 4.78 is 7.36. The maximum absolute atomic E-state index is 12.7. The molecule has 6 nitrogen and oxygen atoms in total. The summed E-state index contributed by atoms with van der Waals surface area (Å²) in [5.74, 6) is 0.488. The Balaban J connectivity index is 1.52. The number of nitrogens with one attached hydrogen (secondary N) is 1. The second-order valence-electron chi connectivity index (χ2n) is 6.58. The first-order valence-corrected chi connectivity index (χ1v) is 9.48. The maximum Gasteiger partial charge on any atom is 0.292 e. The first kappa shape index (κ1) is 18.0. The first-order chi connectivity index (χ1) is 13.8. The zero-order valence-corrected chi connectivity index (χ0v) is 15.8. The summed E-state index contributed by atoms with van der Waals surface area (Å²) in [6.07, 6.45) is 4.44. The summed E-state index contributed by atoms with van der Waals surface area (Å²) in [4.78, 5) is 12.7. The Labute approximate surface area is 163 Å². The van der Waals surface area contributed by atoms with Crippen LogP contribution < -0.4 is 10.2 Å². The van der Waals surface area contributed by atoms with E-state index in [1.165, 1.54) is 0 Å². The third-order valence-corrected chi connectivity index (χ3v) is 4.69. The van der Waals surface area contributed by atoms with Gasteiger partial charge in [-0.3, -0.25) is 4.79 Å². The number of carbonyl (C=O) groups is 1. The minimum Gasteiger partial charge on any atom is -0.494 e. The highest BCUT2D eigenvalue weighted by atomic mass is 16.5. The van der Waals surface area contributed by atoms with Crippen LogP contribution in [0.25, 0.3) is 5.69 Å². The van der Waals surface area contributed by atoms with Crippen LogP contribution >= 0.6 is 0 Å². The van der Waals surface area contributed by atoms with Crippen LogP contribution in [0, 0.1) is 0 Å². The van der Waals surface area contributed by atoms with E-state index in [-0.39, 0.29) is 5.91 Å². The quantitative estimate of drug-likeness (QED) is 0.530. The molecule has 0 spiro atoms. The van der Waals surface area contributed by atoms with Crippen LogP contribution in [0.15, 0.2) is 59.7 Å². The number of nitrogens with zero attached hydrogens (tertiary/aromatic N) is 3. The third kappa shape index (κ3) is 3.67. The lowest BCUT2D eigenvalue weighted by molar-refractivity contribution is 0.0949. The van der Waals surface area contributed by atoms with Crippen LogP contribution in [0.4, 0.5) is 0 Å². The molecular weight excluding hydrogens is 352 g/mol. The highest BCUT2D eigenvalue weighted by Gasteiger charge is 2.26. The largest absolute Gasteiger partial charge is 0.494 e. The molecule has 0 aliphatic heterocycles. The van der Waals surface area contributed by atoms with Gasteiger partial charge in [-0.05, 0) is 56.0 Å². The van der Waals surface area contributed by atoms with Gasteiger partial charge >= 0.3 is 0 Å². The molecule has 0 saturated carbocycles. The second-order valence-corrected chi connectivity index (χ2v) is 6.58. The van der Waals surface area contributed by atoms with Crippen molar-refractivity contribution in [1.82, 2.24) is 15.2 Å². The maximum atomic E-state index is 12.7. The normalized spacial score (nSPS) is 12.9. The molecule has 4 rings (SSSR count). The van der Waals surface area contributed by atoms with Crippen molar-refractivity contribution in [2.45, 2.75) is 26.2 Å². The Kier molecular flexibility index (Phi) is 5.19. The number of benzene rings is 2. The fraction of sp³-hybridized carbons (Fsp3) is 0.227. The van der Waals surface area contributed by atoms with E-state index in [9.17, 15) is 4.79 Å². The van der Waals surface area contributed by atoms with E-state index in [2.05, 4.69) is 15.6 Å². The van der Waals surface area contributed by atoms with E-state index in [0.717, 1.165) is 47.5 Å². The fourth-order valence-corrected chi connectivity index (χ4v) is 3.47. The number of carbonyl (C=O) groups excluding carboxylic acids is 1. The number of hydrazone groups is 1. The molecule has 0 unspecified atom stereocenters. The van der Waals surface area contributed by atoms with Crippen LogP contribution in [0.5, 0.6) is 5.75 Å². The molecule has 1 aromatic heterocycles. The number of fused-ring (bicyclic) bond motifs is 1. The van der Waals surface area contributed by atoms with Crippen LogP contribution in [0.1, 0.15) is 40.7 Å². The summed E-state index contributed by atoms with van der Waals surface area (Å²) in [5.41, 5.74) is 7.02. The standard InChI is InChI=1S/C22H22N4O2/c1-2-28-18-11-6-8-16(14-18)15-23-24-22(27)21-19-12-7-13-20(19)26(25-21)17-9-4-3-5-10-17/h3-6,8-11,14-15H,2,7,12-13H2,1H3,(H,24,27)/b23-15+. The molecule has 142 valence electrons. The van der Waals surface area contributed by atoms with Gasteiger partial charge in [0.25, 0.3) is 5.91 Å². The van der Waals surface area contributed by atoms with Crippen molar-refractivity contribution in [3.05, 3.63) is 77.1 Å². The van der Waals surface area contributed by atoms with E-state index in [1.807, 2.05) is 66.2 Å².